The molecule has 0 spiro atoms. The Morgan fingerprint density at radius 2 is 1.73 bits per heavy atom. The lowest BCUT2D eigenvalue weighted by molar-refractivity contribution is 0.211. The number of halogens is 1. The largest absolute Gasteiger partial charge is 0.497 e. The van der Waals surface area contributed by atoms with E-state index >= 15 is 0 Å². The molecule has 0 unspecified atom stereocenters. The van der Waals surface area contributed by atoms with Gasteiger partial charge in [0.1, 0.15) is 17.4 Å². The molecule has 1 aliphatic heterocycles. The van der Waals surface area contributed by atoms with E-state index in [1.807, 2.05) is 24.3 Å². The van der Waals surface area contributed by atoms with Crippen LogP contribution in [0.4, 0.5) is 10.2 Å². The molecule has 3 aromatic carbocycles. The van der Waals surface area contributed by atoms with Gasteiger partial charge in [0.05, 0.1) is 17.5 Å². The standard InChI is InChI=1S/C32H31FN4O3S/c1-40-27-11-7-23(8-12-27)21-36-17-15-26(16-18-36)35-32-14-9-24(20-34-32)30-22-37(31-19-25(33)10-13-29(30)31)41(38,39)28-5-3-2-4-6-28/h2-14,19-20,22,26H,15-18,21H2,1H3,(H,34,35). The molecule has 7 nitrogen and oxygen atoms in total. The highest BCUT2D eigenvalue weighted by Gasteiger charge is 2.23. The van der Waals surface area contributed by atoms with Gasteiger partial charge in [-0.1, -0.05) is 30.3 Å². The maximum absolute atomic E-state index is 14.2. The number of likely N-dealkylation sites (tertiary alicyclic amines) is 1. The van der Waals surface area contributed by atoms with Crippen molar-refractivity contribution in [2.24, 2.45) is 0 Å². The van der Waals surface area contributed by atoms with Gasteiger partial charge in [-0.3, -0.25) is 4.90 Å². The molecule has 9 heteroatoms. The van der Waals surface area contributed by atoms with Gasteiger partial charge >= 0.3 is 0 Å². The van der Waals surface area contributed by atoms with Crippen molar-refractivity contribution in [2.45, 2.75) is 30.3 Å². The molecule has 0 aliphatic carbocycles. The van der Waals surface area contributed by atoms with Gasteiger partial charge in [0.25, 0.3) is 10.0 Å². The Balaban J connectivity index is 1.16. The molecule has 5 aromatic rings. The Labute approximate surface area is 239 Å². The second kappa shape index (κ2) is 11.3. The van der Waals surface area contributed by atoms with Crippen LogP contribution in [0.3, 0.4) is 0 Å². The summed E-state index contributed by atoms with van der Waals surface area (Å²) in [5.41, 5.74) is 2.98. The van der Waals surface area contributed by atoms with Crippen LogP contribution in [0.1, 0.15) is 18.4 Å². The number of hydrogen-bond acceptors (Lipinski definition) is 6. The van der Waals surface area contributed by atoms with E-state index in [4.69, 9.17) is 4.74 Å². The lowest BCUT2D eigenvalue weighted by atomic mass is 10.0. The lowest BCUT2D eigenvalue weighted by Crippen LogP contribution is -2.38. The average Bonchev–Trinajstić information content (AvgIpc) is 3.39. The first-order valence-electron chi connectivity index (χ1n) is 13.6. The topological polar surface area (TPSA) is 76.5 Å². The first kappa shape index (κ1) is 27.0. The minimum Gasteiger partial charge on any atom is -0.497 e. The number of hydrogen-bond donors (Lipinski definition) is 1. The summed E-state index contributed by atoms with van der Waals surface area (Å²) in [6.45, 7) is 2.91. The molecule has 1 saturated heterocycles. The van der Waals surface area contributed by atoms with E-state index in [0.29, 0.717) is 17.0 Å². The molecule has 6 rings (SSSR count). The van der Waals surface area contributed by atoms with Crippen LogP contribution < -0.4 is 10.1 Å². The summed E-state index contributed by atoms with van der Waals surface area (Å²) in [5.74, 6) is 1.14. The van der Waals surface area contributed by atoms with Gasteiger partial charge in [-0.15, -0.1) is 0 Å². The van der Waals surface area contributed by atoms with Crippen molar-refractivity contribution in [3.05, 3.63) is 109 Å². The van der Waals surface area contributed by atoms with Crippen molar-refractivity contribution in [1.82, 2.24) is 13.9 Å². The summed E-state index contributed by atoms with van der Waals surface area (Å²) in [6, 6.07) is 24.7. The zero-order valence-corrected chi connectivity index (χ0v) is 23.5. The van der Waals surface area contributed by atoms with E-state index in [-0.39, 0.29) is 10.4 Å². The number of nitrogens with one attached hydrogen (secondary N) is 1. The molecule has 210 valence electrons. The Kier molecular flexibility index (Phi) is 7.47. The van der Waals surface area contributed by atoms with Crippen molar-refractivity contribution >= 4 is 26.7 Å². The number of methoxy groups -OCH3 is 1. The van der Waals surface area contributed by atoms with Crippen molar-refractivity contribution in [1.29, 1.82) is 0 Å². The van der Waals surface area contributed by atoms with E-state index in [0.717, 1.165) is 53.6 Å². The SMILES string of the molecule is COc1ccc(CN2CCC(Nc3ccc(-c4cn(S(=O)(=O)c5ccccc5)c5cc(F)ccc45)cn3)CC2)cc1. The second-order valence-corrected chi connectivity index (χ2v) is 12.1. The number of pyridine rings is 1. The van der Waals surface area contributed by atoms with Crippen molar-refractivity contribution in [3.8, 4) is 16.9 Å². The molecule has 0 atom stereocenters. The highest BCUT2D eigenvalue weighted by molar-refractivity contribution is 7.90. The van der Waals surface area contributed by atoms with Crippen LogP contribution in [0.5, 0.6) is 5.75 Å². The van der Waals surface area contributed by atoms with Gasteiger partial charge in [0.2, 0.25) is 0 Å². The number of anilines is 1. The summed E-state index contributed by atoms with van der Waals surface area (Å²) in [5, 5.41) is 4.19. The average molecular weight is 571 g/mol. The first-order valence-corrected chi connectivity index (χ1v) is 15.0. The molecule has 1 fully saturated rings. The van der Waals surface area contributed by atoms with Crippen LogP contribution in [0.2, 0.25) is 0 Å². The zero-order valence-electron chi connectivity index (χ0n) is 22.7. The van der Waals surface area contributed by atoms with Gasteiger partial charge in [0, 0.05) is 54.6 Å². The summed E-state index contributed by atoms with van der Waals surface area (Å²) in [7, 11) is -2.24. The highest BCUT2D eigenvalue weighted by atomic mass is 32.2. The molecule has 1 N–H and O–H groups in total. The van der Waals surface area contributed by atoms with Gasteiger partial charge in [-0.25, -0.2) is 21.8 Å². The van der Waals surface area contributed by atoms with E-state index in [9.17, 15) is 12.8 Å². The summed E-state index contributed by atoms with van der Waals surface area (Å²) >= 11 is 0. The molecule has 3 heterocycles. The monoisotopic (exact) mass is 570 g/mol. The number of ether oxygens (including phenoxy) is 1. The highest BCUT2D eigenvalue weighted by Crippen LogP contribution is 2.34. The Bertz CT molecular complexity index is 1750. The number of rotatable bonds is 8. The third-order valence-electron chi connectivity index (χ3n) is 7.61. The van der Waals surface area contributed by atoms with E-state index in [1.165, 1.54) is 29.8 Å². The fraction of sp³-hybridized carbons (Fsp3) is 0.219. The normalized spacial score (nSPS) is 14.8. The Hall–Kier alpha value is -4.21. The van der Waals surface area contributed by atoms with E-state index in [2.05, 4.69) is 27.3 Å². The zero-order chi connectivity index (χ0) is 28.4. The molecule has 0 bridgehead atoms. The third kappa shape index (κ3) is 5.68. The molecule has 1 aliphatic rings. The minimum atomic E-state index is -3.92. The fourth-order valence-corrected chi connectivity index (χ4v) is 6.76. The third-order valence-corrected chi connectivity index (χ3v) is 9.30. The second-order valence-electron chi connectivity index (χ2n) is 10.3. The molecule has 0 saturated carbocycles. The molecule has 0 amide bonds. The quantitative estimate of drug-likeness (QED) is 0.241. The Morgan fingerprint density at radius 3 is 2.41 bits per heavy atom. The van der Waals surface area contributed by atoms with Crippen LogP contribution in [0, 0.1) is 5.82 Å². The van der Waals surface area contributed by atoms with Gasteiger partial charge in [-0.05, 0) is 73.0 Å². The van der Waals surface area contributed by atoms with Gasteiger partial charge < -0.3 is 10.1 Å². The predicted molar refractivity (Wildman–Crippen MR) is 159 cm³/mol. The van der Waals surface area contributed by atoms with Crippen LogP contribution in [-0.2, 0) is 16.6 Å². The molecular weight excluding hydrogens is 539 g/mol. The molecule has 2 aromatic heterocycles. The first-order chi connectivity index (χ1) is 19.9. The smallest absolute Gasteiger partial charge is 0.268 e. The minimum absolute atomic E-state index is 0.139. The summed E-state index contributed by atoms with van der Waals surface area (Å²) < 4.78 is 47.5. The number of nitrogens with zero attached hydrogens (tertiary/aromatic N) is 3. The molecule has 41 heavy (non-hydrogen) atoms. The van der Waals surface area contributed by atoms with Crippen LogP contribution in [-0.4, -0.2) is 48.5 Å². The molecule has 0 radical (unpaired) electrons. The van der Waals surface area contributed by atoms with Crippen LogP contribution in [0.15, 0.2) is 102 Å². The maximum Gasteiger partial charge on any atom is 0.268 e. The summed E-state index contributed by atoms with van der Waals surface area (Å²) in [4.78, 5) is 7.23. The van der Waals surface area contributed by atoms with E-state index in [1.54, 1.807) is 43.8 Å². The maximum atomic E-state index is 14.2. The number of fused-ring (bicyclic) bond motifs is 1. The van der Waals surface area contributed by atoms with Gasteiger partial charge in [-0.2, -0.15) is 0 Å². The molecular formula is C32H31FN4O3S. The number of benzene rings is 3. The summed E-state index contributed by atoms with van der Waals surface area (Å²) in [6.07, 6.45) is 5.31. The van der Waals surface area contributed by atoms with Crippen LogP contribution >= 0.6 is 0 Å². The van der Waals surface area contributed by atoms with Crippen LogP contribution in [0.25, 0.3) is 22.0 Å². The lowest BCUT2D eigenvalue weighted by Gasteiger charge is -2.32. The van der Waals surface area contributed by atoms with Crippen molar-refractivity contribution < 1.29 is 17.5 Å². The van der Waals surface area contributed by atoms with Crippen molar-refractivity contribution in [3.63, 3.8) is 0 Å². The predicted octanol–water partition coefficient (Wildman–Crippen LogP) is 6.16. The fourth-order valence-electron chi connectivity index (χ4n) is 5.38. The van der Waals surface area contributed by atoms with E-state index < -0.39 is 15.8 Å². The Morgan fingerprint density at radius 1 is 0.976 bits per heavy atom. The number of aromatic nitrogens is 2. The van der Waals surface area contributed by atoms with Crippen molar-refractivity contribution in [2.75, 3.05) is 25.5 Å². The number of piperidine rings is 1. The van der Waals surface area contributed by atoms with Gasteiger partial charge in [0.15, 0.2) is 0 Å².